The number of hydrogen-bond donors (Lipinski definition) is 2. The van der Waals surface area contributed by atoms with Crippen molar-refractivity contribution in [2.75, 3.05) is 36.8 Å². The lowest BCUT2D eigenvalue weighted by Gasteiger charge is -2.31. The van der Waals surface area contributed by atoms with Gasteiger partial charge in [-0.25, -0.2) is 18.4 Å². The standard InChI is InChI=1S/C24H24N6O4S/c1-16-2-7-20-21(12-16)27-22(32)13-17-14-25-24(28-23(17)20)26-18-3-5-19(6-4-18)35(33,34)30-10-8-29(15-31)9-11-30/h2-7,12,14-15H,8-11,13H2,1H3,(H,27,32)(H,25,26,28). The van der Waals surface area contributed by atoms with Crippen LogP contribution in [0.4, 0.5) is 17.3 Å². The molecule has 2 aromatic carbocycles. The number of anilines is 3. The predicted octanol–water partition coefficient (Wildman–Crippen LogP) is 2.15. The zero-order chi connectivity index (χ0) is 24.6. The molecule has 2 aliphatic heterocycles. The Morgan fingerprint density at radius 3 is 2.51 bits per heavy atom. The smallest absolute Gasteiger partial charge is 0.243 e. The van der Waals surface area contributed by atoms with Gasteiger partial charge in [-0.15, -0.1) is 0 Å². The van der Waals surface area contributed by atoms with Crippen molar-refractivity contribution in [1.82, 2.24) is 19.2 Å². The van der Waals surface area contributed by atoms with Crippen LogP contribution in [0.15, 0.2) is 53.6 Å². The Bertz CT molecular complexity index is 1400. The first kappa shape index (κ1) is 22.9. The number of sulfonamides is 1. The fourth-order valence-corrected chi connectivity index (χ4v) is 5.62. The highest BCUT2D eigenvalue weighted by Gasteiger charge is 2.28. The number of hydrogen-bond acceptors (Lipinski definition) is 7. The molecule has 2 N–H and O–H groups in total. The number of piperazine rings is 1. The average Bonchev–Trinajstić information content (AvgIpc) is 2.99. The lowest BCUT2D eigenvalue weighted by molar-refractivity contribution is -0.119. The second kappa shape index (κ2) is 9.08. The van der Waals surface area contributed by atoms with E-state index < -0.39 is 10.0 Å². The molecule has 2 amide bonds. The lowest BCUT2D eigenvalue weighted by Crippen LogP contribution is -2.47. The van der Waals surface area contributed by atoms with Crippen LogP contribution in [0.2, 0.25) is 0 Å². The summed E-state index contributed by atoms with van der Waals surface area (Å²) in [6, 6.07) is 12.2. The molecular formula is C24H24N6O4S. The van der Waals surface area contributed by atoms with E-state index in [1.54, 1.807) is 23.2 Å². The SMILES string of the molecule is Cc1ccc2c(c1)NC(=O)Cc1cnc(Nc3ccc(S(=O)(=O)N4CCN(C=O)CC4)cc3)nc1-2. The van der Waals surface area contributed by atoms with E-state index >= 15 is 0 Å². The summed E-state index contributed by atoms with van der Waals surface area (Å²) in [6.07, 6.45) is 2.55. The monoisotopic (exact) mass is 492 g/mol. The third-order valence-electron chi connectivity index (χ3n) is 6.09. The maximum atomic E-state index is 13.0. The van der Waals surface area contributed by atoms with Crippen molar-refractivity contribution in [1.29, 1.82) is 0 Å². The largest absolute Gasteiger partial charge is 0.343 e. The summed E-state index contributed by atoms with van der Waals surface area (Å²) in [4.78, 5) is 33.9. The molecule has 0 bridgehead atoms. The highest BCUT2D eigenvalue weighted by atomic mass is 32.2. The first-order valence-electron chi connectivity index (χ1n) is 11.2. The molecule has 1 saturated heterocycles. The van der Waals surface area contributed by atoms with E-state index in [1.807, 2.05) is 25.1 Å². The second-order valence-electron chi connectivity index (χ2n) is 8.54. The van der Waals surface area contributed by atoms with Crippen molar-refractivity contribution >= 4 is 39.7 Å². The summed E-state index contributed by atoms with van der Waals surface area (Å²) in [5.41, 5.74) is 4.58. The van der Waals surface area contributed by atoms with Crippen LogP contribution in [-0.4, -0.2) is 66.1 Å². The van der Waals surface area contributed by atoms with E-state index in [2.05, 4.69) is 20.6 Å². The average molecular weight is 493 g/mol. The Labute approximate surface area is 203 Å². The molecule has 5 rings (SSSR count). The summed E-state index contributed by atoms with van der Waals surface area (Å²) in [5, 5.41) is 6.04. The maximum absolute atomic E-state index is 13.0. The molecule has 0 radical (unpaired) electrons. The Morgan fingerprint density at radius 1 is 1.06 bits per heavy atom. The van der Waals surface area contributed by atoms with E-state index in [0.29, 0.717) is 36.1 Å². The third-order valence-corrected chi connectivity index (χ3v) is 8.00. The van der Waals surface area contributed by atoms with E-state index in [-0.39, 0.29) is 30.3 Å². The van der Waals surface area contributed by atoms with Crippen LogP contribution in [0.25, 0.3) is 11.3 Å². The summed E-state index contributed by atoms with van der Waals surface area (Å²) in [6.45, 7) is 3.24. The van der Waals surface area contributed by atoms with Gasteiger partial charge in [0.1, 0.15) is 0 Å². The van der Waals surface area contributed by atoms with Crippen LogP contribution < -0.4 is 10.6 Å². The predicted molar refractivity (Wildman–Crippen MR) is 131 cm³/mol. The molecule has 1 aromatic heterocycles. The summed E-state index contributed by atoms with van der Waals surface area (Å²) >= 11 is 0. The minimum Gasteiger partial charge on any atom is -0.343 e. The minimum absolute atomic E-state index is 0.121. The molecule has 180 valence electrons. The fraction of sp³-hybridized carbons (Fsp3) is 0.250. The number of carbonyl (C=O) groups is 2. The molecule has 0 spiro atoms. The minimum atomic E-state index is -3.65. The van der Waals surface area contributed by atoms with Gasteiger partial charge in [-0.2, -0.15) is 4.31 Å². The Balaban J connectivity index is 1.37. The van der Waals surface area contributed by atoms with Gasteiger partial charge >= 0.3 is 0 Å². The molecule has 0 saturated carbocycles. The number of aromatic nitrogens is 2. The Kier molecular flexibility index (Phi) is 5.95. The Hall–Kier alpha value is -3.83. The number of nitrogens with zero attached hydrogens (tertiary/aromatic N) is 4. The molecule has 0 aliphatic carbocycles. The first-order chi connectivity index (χ1) is 16.8. The topological polar surface area (TPSA) is 125 Å². The van der Waals surface area contributed by atoms with Gasteiger partial charge in [-0.05, 0) is 42.8 Å². The molecule has 10 nitrogen and oxygen atoms in total. The van der Waals surface area contributed by atoms with Crippen molar-refractivity contribution in [3.05, 3.63) is 59.8 Å². The zero-order valence-corrected chi connectivity index (χ0v) is 19.9. The van der Waals surface area contributed by atoms with E-state index in [9.17, 15) is 18.0 Å². The summed E-state index contributed by atoms with van der Waals surface area (Å²) in [7, 11) is -3.65. The van der Waals surface area contributed by atoms with Crippen LogP contribution in [-0.2, 0) is 26.0 Å². The van der Waals surface area contributed by atoms with Crippen molar-refractivity contribution < 1.29 is 18.0 Å². The maximum Gasteiger partial charge on any atom is 0.243 e. The quantitative estimate of drug-likeness (QED) is 0.523. The third kappa shape index (κ3) is 4.60. The van der Waals surface area contributed by atoms with Gasteiger partial charge in [0.15, 0.2) is 0 Å². The number of fused-ring (bicyclic) bond motifs is 3. The molecule has 0 unspecified atom stereocenters. The van der Waals surface area contributed by atoms with Gasteiger partial charge in [0, 0.05) is 49.2 Å². The molecule has 3 aromatic rings. The summed E-state index contributed by atoms with van der Waals surface area (Å²) < 4.78 is 27.3. The van der Waals surface area contributed by atoms with Crippen LogP contribution in [0.3, 0.4) is 0 Å². The van der Waals surface area contributed by atoms with Gasteiger partial charge in [-0.1, -0.05) is 12.1 Å². The van der Waals surface area contributed by atoms with Gasteiger partial charge in [-0.3, -0.25) is 9.59 Å². The van der Waals surface area contributed by atoms with Gasteiger partial charge in [0.05, 0.1) is 22.7 Å². The Morgan fingerprint density at radius 2 is 1.80 bits per heavy atom. The molecule has 3 heterocycles. The second-order valence-corrected chi connectivity index (χ2v) is 10.5. The molecular weight excluding hydrogens is 468 g/mol. The van der Waals surface area contributed by atoms with E-state index in [4.69, 9.17) is 0 Å². The molecule has 11 heteroatoms. The van der Waals surface area contributed by atoms with Crippen molar-refractivity contribution in [3.8, 4) is 11.3 Å². The van der Waals surface area contributed by atoms with Gasteiger partial charge < -0.3 is 15.5 Å². The van der Waals surface area contributed by atoms with E-state index in [0.717, 1.165) is 23.1 Å². The molecule has 0 atom stereocenters. The highest BCUT2D eigenvalue weighted by Crippen LogP contribution is 2.34. The van der Waals surface area contributed by atoms with Crippen molar-refractivity contribution in [3.63, 3.8) is 0 Å². The van der Waals surface area contributed by atoms with Gasteiger partial charge in [0.25, 0.3) is 0 Å². The normalized spacial score (nSPS) is 16.0. The van der Waals surface area contributed by atoms with Crippen LogP contribution >= 0.6 is 0 Å². The van der Waals surface area contributed by atoms with E-state index in [1.165, 1.54) is 16.4 Å². The zero-order valence-electron chi connectivity index (χ0n) is 19.1. The van der Waals surface area contributed by atoms with Crippen LogP contribution in [0.1, 0.15) is 11.1 Å². The number of aryl methyl sites for hydroxylation is 1. The number of amides is 2. The lowest BCUT2D eigenvalue weighted by atomic mass is 10.0. The van der Waals surface area contributed by atoms with Crippen LogP contribution in [0.5, 0.6) is 0 Å². The molecule has 35 heavy (non-hydrogen) atoms. The van der Waals surface area contributed by atoms with Crippen molar-refractivity contribution in [2.24, 2.45) is 0 Å². The van der Waals surface area contributed by atoms with Gasteiger partial charge in [0.2, 0.25) is 28.3 Å². The van der Waals surface area contributed by atoms with Crippen LogP contribution in [0, 0.1) is 6.92 Å². The molecule has 2 aliphatic rings. The highest BCUT2D eigenvalue weighted by molar-refractivity contribution is 7.89. The number of rotatable bonds is 5. The van der Waals surface area contributed by atoms with Crippen molar-refractivity contribution in [2.45, 2.75) is 18.2 Å². The fourth-order valence-electron chi connectivity index (χ4n) is 4.20. The number of carbonyl (C=O) groups excluding carboxylic acids is 2. The first-order valence-corrected chi connectivity index (χ1v) is 12.6. The summed E-state index contributed by atoms with van der Waals surface area (Å²) in [5.74, 6) is 0.217. The number of nitrogens with one attached hydrogen (secondary N) is 2. The molecule has 1 fully saturated rings. The number of benzene rings is 2.